The van der Waals surface area contributed by atoms with Gasteiger partial charge in [-0.2, -0.15) is 4.98 Å². The van der Waals surface area contributed by atoms with Crippen molar-refractivity contribution in [2.45, 2.75) is 33.4 Å². The van der Waals surface area contributed by atoms with Crippen LogP contribution in [0.4, 0.5) is 0 Å². The number of nitrogens with one attached hydrogen (secondary N) is 1. The molecule has 0 atom stereocenters. The normalized spacial score (nSPS) is 11.1. The fraction of sp³-hybridized carbons (Fsp3) is 0.417. The van der Waals surface area contributed by atoms with Gasteiger partial charge in [-0.3, -0.25) is 4.98 Å². The molecule has 5 nitrogen and oxygen atoms in total. The second-order valence-corrected chi connectivity index (χ2v) is 4.19. The average molecular weight is 232 g/mol. The highest BCUT2D eigenvalue weighted by atomic mass is 16.5. The summed E-state index contributed by atoms with van der Waals surface area (Å²) >= 11 is 0. The summed E-state index contributed by atoms with van der Waals surface area (Å²) in [5, 5.41) is 7.17. The van der Waals surface area contributed by atoms with E-state index in [4.69, 9.17) is 4.52 Å². The highest BCUT2D eigenvalue weighted by molar-refractivity contribution is 5.55. The van der Waals surface area contributed by atoms with Crippen LogP contribution in [0.25, 0.3) is 11.5 Å². The number of pyridine rings is 1. The molecule has 2 heterocycles. The maximum absolute atomic E-state index is 5.22. The number of hydrogen-bond acceptors (Lipinski definition) is 5. The first-order chi connectivity index (χ1) is 8.16. The molecule has 0 aliphatic rings. The molecular formula is C12H16N4O. The van der Waals surface area contributed by atoms with E-state index in [0.717, 1.165) is 11.3 Å². The Bertz CT molecular complexity index is 493. The molecule has 17 heavy (non-hydrogen) atoms. The molecule has 90 valence electrons. The summed E-state index contributed by atoms with van der Waals surface area (Å²) < 4.78 is 5.22. The minimum Gasteiger partial charge on any atom is -0.334 e. The lowest BCUT2D eigenvalue weighted by Crippen LogP contribution is -2.22. The van der Waals surface area contributed by atoms with Crippen LogP contribution >= 0.6 is 0 Å². The lowest BCUT2D eigenvalue weighted by Gasteiger charge is -2.03. The van der Waals surface area contributed by atoms with Crippen molar-refractivity contribution in [2.24, 2.45) is 0 Å². The van der Waals surface area contributed by atoms with Gasteiger partial charge in [0.1, 0.15) is 0 Å². The summed E-state index contributed by atoms with van der Waals surface area (Å²) in [5.41, 5.74) is 1.77. The molecule has 5 heteroatoms. The maximum Gasteiger partial charge on any atom is 0.259 e. The predicted molar refractivity (Wildman–Crippen MR) is 64.2 cm³/mol. The molecular weight excluding hydrogens is 216 g/mol. The summed E-state index contributed by atoms with van der Waals surface area (Å²) in [5.74, 6) is 1.19. The Morgan fingerprint density at radius 1 is 1.41 bits per heavy atom. The molecule has 0 saturated carbocycles. The molecule has 0 aliphatic heterocycles. The fourth-order valence-electron chi connectivity index (χ4n) is 1.44. The van der Waals surface area contributed by atoms with E-state index in [2.05, 4.69) is 34.3 Å². The van der Waals surface area contributed by atoms with E-state index in [-0.39, 0.29) is 0 Å². The summed E-state index contributed by atoms with van der Waals surface area (Å²) in [7, 11) is 0. The highest BCUT2D eigenvalue weighted by Crippen LogP contribution is 2.19. The molecule has 0 radical (unpaired) electrons. The van der Waals surface area contributed by atoms with Gasteiger partial charge in [-0.05, 0) is 19.1 Å². The molecule has 2 aromatic heterocycles. The third-order valence-corrected chi connectivity index (χ3v) is 2.37. The molecule has 0 aliphatic carbocycles. The van der Waals surface area contributed by atoms with E-state index in [1.54, 1.807) is 6.20 Å². The minimum absolute atomic E-state index is 0.400. The van der Waals surface area contributed by atoms with E-state index < -0.39 is 0 Å². The van der Waals surface area contributed by atoms with E-state index in [0.29, 0.717) is 24.3 Å². The van der Waals surface area contributed by atoms with E-state index in [1.165, 1.54) is 0 Å². The third-order valence-electron chi connectivity index (χ3n) is 2.37. The topological polar surface area (TPSA) is 63.8 Å². The Kier molecular flexibility index (Phi) is 3.49. The summed E-state index contributed by atoms with van der Waals surface area (Å²) in [4.78, 5) is 8.53. The molecule has 0 bridgehead atoms. The molecule has 2 rings (SSSR count). The Morgan fingerprint density at radius 3 is 2.94 bits per heavy atom. The Morgan fingerprint density at radius 2 is 2.24 bits per heavy atom. The molecule has 0 unspecified atom stereocenters. The fourth-order valence-corrected chi connectivity index (χ4v) is 1.44. The lowest BCUT2D eigenvalue weighted by atomic mass is 10.2. The summed E-state index contributed by atoms with van der Waals surface area (Å²) in [6.07, 6.45) is 1.75. The Balaban J connectivity index is 2.16. The van der Waals surface area contributed by atoms with Gasteiger partial charge in [0.15, 0.2) is 5.82 Å². The van der Waals surface area contributed by atoms with E-state index in [9.17, 15) is 0 Å². The number of aromatic nitrogens is 3. The van der Waals surface area contributed by atoms with Gasteiger partial charge in [0.2, 0.25) is 0 Å². The molecule has 0 fully saturated rings. The van der Waals surface area contributed by atoms with Crippen molar-refractivity contribution in [3.63, 3.8) is 0 Å². The smallest absolute Gasteiger partial charge is 0.259 e. The van der Waals surface area contributed by atoms with Crippen LogP contribution in [0, 0.1) is 6.92 Å². The van der Waals surface area contributed by atoms with Crippen LogP contribution in [0.2, 0.25) is 0 Å². The van der Waals surface area contributed by atoms with Crippen molar-refractivity contribution in [3.8, 4) is 11.5 Å². The standard InChI is InChI=1S/C12H16N4O/c1-8(2)14-7-11-15-12(17-16-11)10-5-4-6-13-9(10)3/h4-6,8,14H,7H2,1-3H3. The van der Waals surface area contributed by atoms with Gasteiger partial charge in [-0.1, -0.05) is 19.0 Å². The van der Waals surface area contributed by atoms with Crippen LogP contribution < -0.4 is 5.32 Å². The first kappa shape index (κ1) is 11.7. The van der Waals surface area contributed by atoms with Gasteiger partial charge in [0.05, 0.1) is 12.1 Å². The van der Waals surface area contributed by atoms with Gasteiger partial charge >= 0.3 is 0 Å². The van der Waals surface area contributed by atoms with Gasteiger partial charge in [0.25, 0.3) is 5.89 Å². The molecule has 0 amide bonds. The predicted octanol–water partition coefficient (Wildman–Crippen LogP) is 1.94. The minimum atomic E-state index is 0.400. The van der Waals surface area contributed by atoms with Gasteiger partial charge in [-0.15, -0.1) is 0 Å². The van der Waals surface area contributed by atoms with Crippen molar-refractivity contribution in [1.29, 1.82) is 0 Å². The van der Waals surface area contributed by atoms with Gasteiger partial charge in [0, 0.05) is 17.9 Å². The van der Waals surface area contributed by atoms with Crippen molar-refractivity contribution in [3.05, 3.63) is 29.8 Å². The SMILES string of the molecule is Cc1ncccc1-c1nc(CNC(C)C)no1. The molecule has 0 saturated heterocycles. The number of aryl methyl sites for hydroxylation is 1. The van der Waals surface area contributed by atoms with Gasteiger partial charge < -0.3 is 9.84 Å². The van der Waals surface area contributed by atoms with Crippen molar-refractivity contribution in [2.75, 3.05) is 0 Å². The highest BCUT2D eigenvalue weighted by Gasteiger charge is 2.11. The quantitative estimate of drug-likeness (QED) is 0.872. The second-order valence-electron chi connectivity index (χ2n) is 4.19. The van der Waals surface area contributed by atoms with E-state index in [1.807, 2.05) is 19.1 Å². The Labute approximate surface area is 100 Å². The van der Waals surface area contributed by atoms with Crippen LogP contribution in [0.1, 0.15) is 25.4 Å². The van der Waals surface area contributed by atoms with Crippen LogP contribution in [-0.2, 0) is 6.54 Å². The van der Waals surface area contributed by atoms with Gasteiger partial charge in [-0.25, -0.2) is 0 Å². The summed E-state index contributed by atoms with van der Waals surface area (Å²) in [6.45, 7) is 6.69. The summed E-state index contributed by atoms with van der Waals surface area (Å²) in [6, 6.07) is 4.19. The van der Waals surface area contributed by atoms with E-state index >= 15 is 0 Å². The van der Waals surface area contributed by atoms with Crippen molar-refractivity contribution in [1.82, 2.24) is 20.4 Å². The maximum atomic E-state index is 5.22. The number of hydrogen-bond donors (Lipinski definition) is 1. The molecule has 0 spiro atoms. The third kappa shape index (κ3) is 2.88. The lowest BCUT2D eigenvalue weighted by molar-refractivity contribution is 0.417. The first-order valence-corrected chi connectivity index (χ1v) is 5.65. The monoisotopic (exact) mass is 232 g/mol. The van der Waals surface area contributed by atoms with Crippen LogP contribution in [0.3, 0.4) is 0 Å². The number of nitrogens with zero attached hydrogens (tertiary/aromatic N) is 3. The molecule has 1 N–H and O–H groups in total. The number of rotatable bonds is 4. The zero-order valence-electron chi connectivity index (χ0n) is 10.3. The van der Waals surface area contributed by atoms with Crippen molar-refractivity contribution >= 4 is 0 Å². The zero-order valence-corrected chi connectivity index (χ0v) is 10.3. The van der Waals surface area contributed by atoms with Crippen LogP contribution in [-0.4, -0.2) is 21.2 Å². The molecule has 0 aromatic carbocycles. The largest absolute Gasteiger partial charge is 0.334 e. The Hall–Kier alpha value is -1.75. The zero-order chi connectivity index (χ0) is 12.3. The van der Waals surface area contributed by atoms with Crippen LogP contribution in [0.15, 0.2) is 22.9 Å². The van der Waals surface area contributed by atoms with Crippen LogP contribution in [0.5, 0.6) is 0 Å². The molecule has 2 aromatic rings. The second kappa shape index (κ2) is 5.05. The first-order valence-electron chi connectivity index (χ1n) is 5.65. The van der Waals surface area contributed by atoms with Crippen molar-refractivity contribution < 1.29 is 4.52 Å². The average Bonchev–Trinajstić information content (AvgIpc) is 2.75.